The number of nitrogens with one attached hydrogen (secondary N) is 1. The molecule has 4 rings (SSSR count). The number of carbonyl (C=O) groups excluding carboxylic acids is 1. The van der Waals surface area contributed by atoms with Crippen LogP contribution in [-0.2, 0) is 13.1 Å². The normalized spacial score (nSPS) is 11.1. The zero-order valence-corrected chi connectivity index (χ0v) is 17.6. The van der Waals surface area contributed by atoms with Crippen LogP contribution in [0.15, 0.2) is 52.9 Å². The average molecular weight is 403 g/mol. The van der Waals surface area contributed by atoms with Crippen LogP contribution in [0.25, 0.3) is 5.69 Å². The van der Waals surface area contributed by atoms with Crippen LogP contribution in [-0.4, -0.2) is 25.5 Å². The van der Waals surface area contributed by atoms with Crippen molar-refractivity contribution in [3.63, 3.8) is 0 Å². The van der Waals surface area contributed by atoms with Crippen molar-refractivity contribution in [3.8, 4) is 5.69 Å². The summed E-state index contributed by atoms with van der Waals surface area (Å²) in [5.74, 6) is 0.730. The predicted octanol–water partition coefficient (Wildman–Crippen LogP) is 3.87. The molecule has 0 radical (unpaired) electrons. The van der Waals surface area contributed by atoms with Crippen LogP contribution in [0, 0.1) is 27.7 Å². The van der Waals surface area contributed by atoms with Gasteiger partial charge in [-0.15, -0.1) is 0 Å². The molecule has 0 fully saturated rings. The quantitative estimate of drug-likeness (QED) is 0.530. The first-order chi connectivity index (χ1) is 14.4. The van der Waals surface area contributed by atoms with E-state index >= 15 is 0 Å². The van der Waals surface area contributed by atoms with Gasteiger partial charge in [0, 0.05) is 23.5 Å². The van der Waals surface area contributed by atoms with Gasteiger partial charge in [-0.2, -0.15) is 10.2 Å². The molecule has 1 aromatic carbocycles. The molecule has 4 aromatic rings. The van der Waals surface area contributed by atoms with E-state index in [2.05, 4.69) is 15.5 Å². The van der Waals surface area contributed by atoms with Gasteiger partial charge in [0.05, 0.1) is 23.6 Å². The maximum Gasteiger partial charge on any atom is 0.287 e. The highest BCUT2D eigenvalue weighted by atomic mass is 16.4. The second-order valence-electron chi connectivity index (χ2n) is 7.43. The van der Waals surface area contributed by atoms with Crippen molar-refractivity contribution in [3.05, 3.63) is 88.4 Å². The van der Waals surface area contributed by atoms with E-state index in [1.807, 2.05) is 79.5 Å². The zero-order valence-electron chi connectivity index (χ0n) is 17.6. The molecule has 0 atom stereocenters. The van der Waals surface area contributed by atoms with Gasteiger partial charge < -0.3 is 9.73 Å². The molecule has 1 N–H and O–H groups in total. The number of hydrogen-bond donors (Lipinski definition) is 1. The Morgan fingerprint density at radius 1 is 1.03 bits per heavy atom. The summed E-state index contributed by atoms with van der Waals surface area (Å²) in [6.45, 7) is 8.79. The summed E-state index contributed by atoms with van der Waals surface area (Å²) in [7, 11) is 0. The summed E-state index contributed by atoms with van der Waals surface area (Å²) in [5, 5.41) is 12.0. The van der Waals surface area contributed by atoms with Gasteiger partial charge in [0.1, 0.15) is 5.76 Å². The summed E-state index contributed by atoms with van der Waals surface area (Å²) in [5.41, 5.74) is 5.90. The van der Waals surface area contributed by atoms with Gasteiger partial charge in [0.2, 0.25) is 0 Å². The van der Waals surface area contributed by atoms with Crippen LogP contribution in [0.3, 0.4) is 0 Å². The van der Waals surface area contributed by atoms with Crippen LogP contribution in [0.2, 0.25) is 0 Å². The number of para-hydroxylation sites is 1. The highest BCUT2D eigenvalue weighted by Crippen LogP contribution is 2.18. The van der Waals surface area contributed by atoms with Crippen LogP contribution in [0.1, 0.15) is 44.7 Å². The molecule has 0 spiro atoms. The lowest BCUT2D eigenvalue weighted by Crippen LogP contribution is -2.23. The summed E-state index contributed by atoms with van der Waals surface area (Å²) in [6, 6.07) is 15.5. The molecular weight excluding hydrogens is 378 g/mol. The molecule has 30 heavy (non-hydrogen) atoms. The number of amides is 1. The number of aromatic nitrogens is 4. The van der Waals surface area contributed by atoms with Gasteiger partial charge in [0.25, 0.3) is 5.91 Å². The number of furan rings is 1. The highest BCUT2D eigenvalue weighted by Gasteiger charge is 2.16. The molecule has 0 aliphatic heterocycles. The Labute approximate surface area is 175 Å². The molecule has 0 aliphatic rings. The Bertz CT molecular complexity index is 1180. The summed E-state index contributed by atoms with van der Waals surface area (Å²) in [6.07, 6.45) is 0. The smallest absolute Gasteiger partial charge is 0.287 e. The maximum absolute atomic E-state index is 12.6. The molecule has 154 valence electrons. The Kier molecular flexibility index (Phi) is 5.27. The van der Waals surface area contributed by atoms with E-state index in [0.29, 0.717) is 18.8 Å². The standard InChI is InChI=1S/C23H25N5O2/c1-15-12-16(2)27(25-15)14-20-10-11-22(30-20)23(29)24-13-21-17(3)26-28(18(21)4)19-8-6-5-7-9-19/h5-12H,13-14H2,1-4H3,(H,24,29). The van der Waals surface area contributed by atoms with Crippen molar-refractivity contribution in [1.29, 1.82) is 0 Å². The number of hydrogen-bond acceptors (Lipinski definition) is 4. The van der Waals surface area contributed by atoms with Gasteiger partial charge in [-0.05, 0) is 58.0 Å². The fourth-order valence-corrected chi connectivity index (χ4v) is 3.57. The van der Waals surface area contributed by atoms with Crippen LogP contribution in [0.4, 0.5) is 0 Å². The molecule has 0 saturated carbocycles. The zero-order chi connectivity index (χ0) is 21.3. The van der Waals surface area contributed by atoms with Gasteiger partial charge in [-0.3, -0.25) is 9.48 Å². The topological polar surface area (TPSA) is 77.9 Å². The van der Waals surface area contributed by atoms with Crippen LogP contribution >= 0.6 is 0 Å². The lowest BCUT2D eigenvalue weighted by atomic mass is 10.2. The second kappa shape index (κ2) is 8.02. The van der Waals surface area contributed by atoms with Crippen molar-refractivity contribution >= 4 is 5.91 Å². The molecule has 7 nitrogen and oxygen atoms in total. The molecule has 3 heterocycles. The number of aryl methyl sites for hydroxylation is 3. The molecule has 0 bridgehead atoms. The van der Waals surface area contributed by atoms with E-state index < -0.39 is 0 Å². The van der Waals surface area contributed by atoms with Crippen LogP contribution in [0.5, 0.6) is 0 Å². The third-order valence-electron chi connectivity index (χ3n) is 5.16. The van der Waals surface area contributed by atoms with E-state index in [1.54, 1.807) is 6.07 Å². The van der Waals surface area contributed by atoms with Crippen molar-refractivity contribution < 1.29 is 9.21 Å². The van der Waals surface area contributed by atoms with Gasteiger partial charge in [-0.1, -0.05) is 18.2 Å². The molecular formula is C23H25N5O2. The minimum absolute atomic E-state index is 0.249. The molecule has 0 unspecified atom stereocenters. The number of rotatable bonds is 6. The molecule has 7 heteroatoms. The largest absolute Gasteiger partial charge is 0.454 e. The van der Waals surface area contributed by atoms with Crippen LogP contribution < -0.4 is 5.32 Å². The third kappa shape index (κ3) is 3.91. The molecule has 1 amide bonds. The number of carbonyl (C=O) groups is 1. The first kappa shape index (κ1) is 19.7. The second-order valence-corrected chi connectivity index (χ2v) is 7.43. The van der Waals surface area contributed by atoms with E-state index in [9.17, 15) is 4.79 Å². The van der Waals surface area contributed by atoms with Gasteiger partial charge >= 0.3 is 0 Å². The fourth-order valence-electron chi connectivity index (χ4n) is 3.57. The Balaban J connectivity index is 1.44. The first-order valence-corrected chi connectivity index (χ1v) is 9.91. The van der Waals surface area contributed by atoms with E-state index in [4.69, 9.17) is 4.42 Å². The number of benzene rings is 1. The van der Waals surface area contributed by atoms with Gasteiger partial charge in [0.15, 0.2) is 5.76 Å². The Morgan fingerprint density at radius 2 is 1.80 bits per heavy atom. The van der Waals surface area contributed by atoms with Crippen molar-refractivity contribution in [2.24, 2.45) is 0 Å². The summed E-state index contributed by atoms with van der Waals surface area (Å²) < 4.78 is 9.50. The minimum Gasteiger partial charge on any atom is -0.454 e. The first-order valence-electron chi connectivity index (χ1n) is 9.91. The monoisotopic (exact) mass is 403 g/mol. The summed E-state index contributed by atoms with van der Waals surface area (Å²) >= 11 is 0. The lowest BCUT2D eigenvalue weighted by Gasteiger charge is -2.06. The van der Waals surface area contributed by atoms with Crippen molar-refractivity contribution in [2.45, 2.75) is 40.8 Å². The maximum atomic E-state index is 12.6. The predicted molar refractivity (Wildman–Crippen MR) is 114 cm³/mol. The van der Waals surface area contributed by atoms with E-state index in [-0.39, 0.29) is 11.7 Å². The minimum atomic E-state index is -0.249. The van der Waals surface area contributed by atoms with Crippen molar-refractivity contribution in [2.75, 3.05) is 0 Å². The Hall–Kier alpha value is -3.61. The lowest BCUT2D eigenvalue weighted by molar-refractivity contribution is 0.0921. The molecule has 0 aliphatic carbocycles. The average Bonchev–Trinajstić information content (AvgIpc) is 3.40. The Morgan fingerprint density at radius 3 is 2.50 bits per heavy atom. The van der Waals surface area contributed by atoms with Gasteiger partial charge in [-0.25, -0.2) is 4.68 Å². The molecule has 3 aromatic heterocycles. The number of nitrogens with zero attached hydrogens (tertiary/aromatic N) is 4. The SMILES string of the molecule is Cc1cc(C)n(Cc2ccc(C(=O)NCc3c(C)nn(-c4ccccc4)c3C)o2)n1. The van der Waals surface area contributed by atoms with Crippen molar-refractivity contribution in [1.82, 2.24) is 24.9 Å². The molecule has 0 saturated heterocycles. The highest BCUT2D eigenvalue weighted by molar-refractivity contribution is 5.91. The fraction of sp³-hybridized carbons (Fsp3) is 0.261. The van der Waals surface area contributed by atoms with E-state index in [1.165, 1.54) is 0 Å². The van der Waals surface area contributed by atoms with E-state index in [0.717, 1.165) is 34.0 Å². The third-order valence-corrected chi connectivity index (χ3v) is 5.16. The summed E-state index contributed by atoms with van der Waals surface area (Å²) in [4.78, 5) is 12.6.